The standard InChI is InChI=1S/C15H16BrFN2O2/c16-12-5-9(1-2-13(12)17)6-18-14(20)15(21)19-7-10-3-11(4-10)8-19/h1-2,5,10-11H,3-4,6-8H2,(H,18,20). The Labute approximate surface area is 130 Å². The Hall–Kier alpha value is -1.43. The van der Waals surface area contributed by atoms with Gasteiger partial charge in [-0.25, -0.2) is 4.39 Å². The van der Waals surface area contributed by atoms with Crippen molar-refractivity contribution in [2.45, 2.75) is 19.4 Å². The van der Waals surface area contributed by atoms with Crippen LogP contribution in [0.3, 0.4) is 0 Å². The highest BCUT2D eigenvalue weighted by Crippen LogP contribution is 2.39. The molecule has 0 spiro atoms. The molecular formula is C15H16BrFN2O2. The summed E-state index contributed by atoms with van der Waals surface area (Å²) >= 11 is 3.09. The number of carbonyl (C=O) groups excluding carboxylic acids is 2. The Kier molecular flexibility index (Phi) is 3.97. The van der Waals surface area contributed by atoms with Crippen LogP contribution in [0.15, 0.2) is 22.7 Å². The van der Waals surface area contributed by atoms with E-state index in [1.54, 1.807) is 17.0 Å². The molecular weight excluding hydrogens is 339 g/mol. The maximum atomic E-state index is 13.1. The molecule has 0 atom stereocenters. The lowest BCUT2D eigenvalue weighted by Gasteiger charge is -2.46. The number of rotatable bonds is 2. The van der Waals surface area contributed by atoms with E-state index >= 15 is 0 Å². The molecule has 0 radical (unpaired) electrons. The highest BCUT2D eigenvalue weighted by molar-refractivity contribution is 9.10. The monoisotopic (exact) mass is 354 g/mol. The first-order chi connectivity index (χ1) is 10.0. The van der Waals surface area contributed by atoms with Gasteiger partial charge in [0.2, 0.25) is 0 Å². The molecule has 2 aliphatic heterocycles. The van der Waals surface area contributed by atoms with Crippen LogP contribution in [0.25, 0.3) is 0 Å². The zero-order valence-corrected chi connectivity index (χ0v) is 13.0. The molecule has 1 aromatic carbocycles. The summed E-state index contributed by atoms with van der Waals surface area (Å²) < 4.78 is 13.5. The Morgan fingerprint density at radius 3 is 2.57 bits per heavy atom. The van der Waals surface area contributed by atoms with Gasteiger partial charge in [0, 0.05) is 19.6 Å². The van der Waals surface area contributed by atoms with Crippen LogP contribution in [-0.4, -0.2) is 29.8 Å². The summed E-state index contributed by atoms with van der Waals surface area (Å²) in [7, 11) is 0. The molecule has 0 unspecified atom stereocenters. The van der Waals surface area contributed by atoms with Crippen LogP contribution < -0.4 is 5.32 Å². The number of halogens is 2. The molecule has 1 N–H and O–H groups in total. The van der Waals surface area contributed by atoms with E-state index in [1.807, 2.05) is 0 Å². The first kappa shape index (κ1) is 14.5. The molecule has 0 aromatic heterocycles. The molecule has 2 bridgehead atoms. The Morgan fingerprint density at radius 1 is 1.29 bits per heavy atom. The van der Waals surface area contributed by atoms with Gasteiger partial charge in [0.15, 0.2) is 0 Å². The Morgan fingerprint density at radius 2 is 1.95 bits per heavy atom. The fourth-order valence-corrected chi connectivity index (χ4v) is 3.51. The van der Waals surface area contributed by atoms with Crippen LogP contribution in [0.1, 0.15) is 18.4 Å². The van der Waals surface area contributed by atoms with Crippen LogP contribution in [0.4, 0.5) is 4.39 Å². The second-order valence-electron chi connectivity index (χ2n) is 5.84. The fraction of sp³-hybridized carbons (Fsp3) is 0.467. The van der Waals surface area contributed by atoms with E-state index in [0.29, 0.717) is 29.4 Å². The van der Waals surface area contributed by atoms with E-state index in [9.17, 15) is 14.0 Å². The largest absolute Gasteiger partial charge is 0.344 e. The molecule has 4 rings (SSSR count). The molecule has 1 aliphatic carbocycles. The van der Waals surface area contributed by atoms with Crippen molar-refractivity contribution in [3.8, 4) is 0 Å². The van der Waals surface area contributed by atoms with Crippen molar-refractivity contribution in [3.05, 3.63) is 34.1 Å². The van der Waals surface area contributed by atoms with Crippen LogP contribution in [0.5, 0.6) is 0 Å². The van der Waals surface area contributed by atoms with Gasteiger partial charge in [-0.1, -0.05) is 6.07 Å². The minimum Gasteiger partial charge on any atom is -0.344 e. The number of fused-ring (bicyclic) bond motifs is 2. The summed E-state index contributed by atoms with van der Waals surface area (Å²) in [5, 5.41) is 2.60. The topological polar surface area (TPSA) is 49.4 Å². The van der Waals surface area contributed by atoms with Gasteiger partial charge in [-0.3, -0.25) is 9.59 Å². The molecule has 6 heteroatoms. The van der Waals surface area contributed by atoms with Gasteiger partial charge in [0.1, 0.15) is 5.82 Å². The summed E-state index contributed by atoms with van der Waals surface area (Å²) in [5.41, 5.74) is 0.742. The SMILES string of the molecule is O=C(NCc1ccc(F)c(Br)c1)C(=O)N1CC2CC(C2)C1. The van der Waals surface area contributed by atoms with Gasteiger partial charge in [0.25, 0.3) is 0 Å². The van der Waals surface area contributed by atoms with Crippen LogP contribution in [0, 0.1) is 17.7 Å². The number of nitrogens with one attached hydrogen (secondary N) is 1. The van der Waals surface area contributed by atoms with Gasteiger partial charge in [-0.2, -0.15) is 0 Å². The van der Waals surface area contributed by atoms with Gasteiger partial charge in [0.05, 0.1) is 4.47 Å². The lowest BCUT2D eigenvalue weighted by atomic mass is 9.71. The van der Waals surface area contributed by atoms with Crippen LogP contribution in [-0.2, 0) is 16.1 Å². The minimum absolute atomic E-state index is 0.212. The number of nitrogens with zero attached hydrogens (tertiary/aromatic N) is 1. The first-order valence-corrected chi connectivity index (χ1v) is 7.83. The third kappa shape index (κ3) is 3.10. The van der Waals surface area contributed by atoms with Gasteiger partial charge >= 0.3 is 11.8 Å². The lowest BCUT2D eigenvalue weighted by molar-refractivity contribution is -0.150. The molecule has 2 amide bonds. The predicted octanol–water partition coefficient (Wildman–Crippen LogP) is 2.07. The van der Waals surface area contributed by atoms with Crippen molar-refractivity contribution in [2.24, 2.45) is 11.8 Å². The quantitative estimate of drug-likeness (QED) is 0.826. The van der Waals surface area contributed by atoms with E-state index < -0.39 is 11.8 Å². The lowest BCUT2D eigenvalue weighted by Crippen LogP contribution is -2.54. The van der Waals surface area contributed by atoms with Crippen molar-refractivity contribution in [1.29, 1.82) is 0 Å². The van der Waals surface area contributed by atoms with Crippen molar-refractivity contribution < 1.29 is 14.0 Å². The number of amides is 2. The smallest absolute Gasteiger partial charge is 0.311 e. The summed E-state index contributed by atoms with van der Waals surface area (Å²) in [6, 6.07) is 4.50. The number of piperidine rings is 2. The van der Waals surface area contributed by atoms with Gasteiger partial charge < -0.3 is 10.2 Å². The third-order valence-corrected chi connectivity index (χ3v) is 4.82. The highest BCUT2D eigenvalue weighted by atomic mass is 79.9. The second kappa shape index (κ2) is 5.75. The molecule has 112 valence electrons. The number of carbonyl (C=O) groups is 2. The normalized spacial score (nSPS) is 23.4. The zero-order chi connectivity index (χ0) is 15.0. The van der Waals surface area contributed by atoms with Crippen molar-refractivity contribution in [2.75, 3.05) is 13.1 Å². The van der Waals surface area contributed by atoms with Gasteiger partial charge in [-0.15, -0.1) is 0 Å². The molecule has 2 heterocycles. The van der Waals surface area contributed by atoms with E-state index in [1.165, 1.54) is 18.9 Å². The number of benzene rings is 1. The molecule has 3 aliphatic rings. The molecule has 2 saturated heterocycles. The Bertz CT molecular complexity index is 577. The van der Waals surface area contributed by atoms with Crippen molar-refractivity contribution >= 4 is 27.7 Å². The summed E-state index contributed by atoms with van der Waals surface area (Å²) in [4.78, 5) is 25.6. The van der Waals surface area contributed by atoms with Crippen molar-refractivity contribution in [1.82, 2.24) is 10.2 Å². The van der Waals surface area contributed by atoms with Crippen LogP contribution in [0.2, 0.25) is 0 Å². The third-order valence-electron chi connectivity index (χ3n) is 4.21. The second-order valence-corrected chi connectivity index (χ2v) is 6.70. The first-order valence-electron chi connectivity index (χ1n) is 7.04. The summed E-state index contributed by atoms with van der Waals surface area (Å²) in [5.74, 6) is -0.238. The van der Waals surface area contributed by atoms with Gasteiger partial charge in [-0.05, 0) is 58.3 Å². The molecule has 1 saturated carbocycles. The van der Waals surface area contributed by atoms with E-state index in [-0.39, 0.29) is 12.4 Å². The average molecular weight is 355 g/mol. The zero-order valence-electron chi connectivity index (χ0n) is 11.4. The van der Waals surface area contributed by atoms with E-state index in [0.717, 1.165) is 5.56 Å². The molecule has 3 fully saturated rings. The van der Waals surface area contributed by atoms with Crippen molar-refractivity contribution in [3.63, 3.8) is 0 Å². The average Bonchev–Trinajstić information content (AvgIpc) is 2.47. The summed E-state index contributed by atoms with van der Waals surface area (Å²) in [6.45, 7) is 1.61. The van der Waals surface area contributed by atoms with E-state index in [2.05, 4.69) is 21.2 Å². The minimum atomic E-state index is -0.586. The highest BCUT2D eigenvalue weighted by Gasteiger charge is 2.40. The van der Waals surface area contributed by atoms with Crippen LogP contribution >= 0.6 is 15.9 Å². The Balaban J connectivity index is 1.53. The fourth-order valence-electron chi connectivity index (χ4n) is 3.09. The predicted molar refractivity (Wildman–Crippen MR) is 78.7 cm³/mol. The molecule has 4 nitrogen and oxygen atoms in total. The molecule has 21 heavy (non-hydrogen) atoms. The maximum absolute atomic E-state index is 13.1. The number of hydrogen-bond donors (Lipinski definition) is 1. The molecule has 1 aromatic rings. The van der Waals surface area contributed by atoms with E-state index in [4.69, 9.17) is 0 Å². The number of hydrogen-bond acceptors (Lipinski definition) is 2. The maximum Gasteiger partial charge on any atom is 0.311 e. The summed E-state index contributed by atoms with van der Waals surface area (Å²) in [6.07, 6.45) is 2.38.